The average Bonchev–Trinajstić information content (AvgIpc) is 2.97. The second kappa shape index (κ2) is 4.00. The lowest BCUT2D eigenvalue weighted by Gasteiger charge is -2.15. The minimum absolute atomic E-state index is 0.228. The Morgan fingerprint density at radius 2 is 1.75 bits per heavy atom. The van der Waals surface area contributed by atoms with Crippen molar-refractivity contribution >= 4 is 0 Å². The molecule has 0 saturated carbocycles. The number of hydrogen-bond donors (Lipinski definition) is 0. The van der Waals surface area contributed by atoms with Gasteiger partial charge in [-0.25, -0.2) is 13.8 Å². The van der Waals surface area contributed by atoms with Gasteiger partial charge >= 0.3 is 0 Å². The van der Waals surface area contributed by atoms with E-state index in [2.05, 4.69) is 4.98 Å². The number of aromatic nitrogens is 2. The second-order valence-electron chi connectivity index (χ2n) is 4.88. The van der Waals surface area contributed by atoms with Gasteiger partial charge in [-0.2, -0.15) is 0 Å². The van der Waals surface area contributed by atoms with Gasteiger partial charge in [0.25, 0.3) is 0 Å². The number of benzene rings is 2. The molecule has 0 amide bonds. The summed E-state index contributed by atoms with van der Waals surface area (Å²) in [5.41, 5.74) is 3.65. The Labute approximate surface area is 114 Å². The second-order valence-corrected chi connectivity index (χ2v) is 4.88. The first kappa shape index (κ1) is 11.3. The quantitative estimate of drug-likeness (QED) is 0.513. The van der Waals surface area contributed by atoms with Crippen LogP contribution in [0.1, 0.15) is 17.2 Å². The first-order chi connectivity index (χ1) is 9.74. The standard InChI is InChI=1S/C16H10F2N2/c17-11-5-10(6-12(18)7-11)16-14-4-2-1-3-13(14)15-8-19-9-20(15)16/h1-9,16H. The smallest absolute Gasteiger partial charge is 0.126 e. The van der Waals surface area contributed by atoms with Gasteiger partial charge in [0.15, 0.2) is 0 Å². The lowest BCUT2D eigenvalue weighted by atomic mass is 9.97. The maximum Gasteiger partial charge on any atom is 0.126 e. The Kier molecular flexibility index (Phi) is 2.27. The first-order valence-corrected chi connectivity index (χ1v) is 6.31. The molecule has 0 bridgehead atoms. The van der Waals surface area contributed by atoms with Crippen molar-refractivity contribution in [3.63, 3.8) is 0 Å². The molecule has 4 rings (SSSR count). The van der Waals surface area contributed by atoms with Crippen LogP contribution in [-0.4, -0.2) is 9.55 Å². The highest BCUT2D eigenvalue weighted by atomic mass is 19.1. The van der Waals surface area contributed by atoms with Crippen LogP contribution < -0.4 is 0 Å². The van der Waals surface area contributed by atoms with Crippen molar-refractivity contribution in [2.75, 3.05) is 0 Å². The molecule has 0 radical (unpaired) electrons. The van der Waals surface area contributed by atoms with Crippen LogP contribution in [0, 0.1) is 11.6 Å². The van der Waals surface area contributed by atoms with Gasteiger partial charge in [0, 0.05) is 11.6 Å². The largest absolute Gasteiger partial charge is 0.319 e. The zero-order valence-electron chi connectivity index (χ0n) is 10.4. The van der Waals surface area contributed by atoms with Crippen LogP contribution in [0.4, 0.5) is 8.78 Å². The number of nitrogens with zero attached hydrogens (tertiary/aromatic N) is 2. The third kappa shape index (κ3) is 1.51. The SMILES string of the molecule is Fc1cc(F)cc(C2c3ccccc3-c3cncn32)c1. The molecule has 3 aromatic rings. The fourth-order valence-corrected chi connectivity index (χ4v) is 2.91. The van der Waals surface area contributed by atoms with Crippen molar-refractivity contribution < 1.29 is 8.78 Å². The van der Waals surface area contributed by atoms with Crippen molar-refractivity contribution in [2.45, 2.75) is 6.04 Å². The molecule has 98 valence electrons. The van der Waals surface area contributed by atoms with Crippen molar-refractivity contribution in [1.29, 1.82) is 0 Å². The van der Waals surface area contributed by atoms with Crippen LogP contribution in [0.5, 0.6) is 0 Å². The van der Waals surface area contributed by atoms with Crippen molar-refractivity contribution in [3.05, 3.63) is 77.8 Å². The predicted octanol–water partition coefficient (Wildman–Crippen LogP) is 3.78. The lowest BCUT2D eigenvalue weighted by Crippen LogP contribution is -2.07. The highest BCUT2D eigenvalue weighted by Crippen LogP contribution is 2.42. The highest BCUT2D eigenvalue weighted by Gasteiger charge is 2.29. The van der Waals surface area contributed by atoms with Crippen molar-refractivity contribution in [3.8, 4) is 11.3 Å². The number of imidazole rings is 1. The molecule has 0 saturated heterocycles. The summed E-state index contributed by atoms with van der Waals surface area (Å²) in [5, 5.41) is 0. The molecule has 0 N–H and O–H groups in total. The van der Waals surface area contributed by atoms with Crippen LogP contribution in [-0.2, 0) is 0 Å². The molecule has 20 heavy (non-hydrogen) atoms. The Bertz CT molecular complexity index is 787. The van der Waals surface area contributed by atoms with E-state index in [9.17, 15) is 8.78 Å². The fraction of sp³-hybridized carbons (Fsp3) is 0.0625. The van der Waals surface area contributed by atoms with Gasteiger partial charge in [-0.1, -0.05) is 24.3 Å². The minimum atomic E-state index is -0.564. The summed E-state index contributed by atoms with van der Waals surface area (Å²) in [5.74, 6) is -1.13. The van der Waals surface area contributed by atoms with Gasteiger partial charge < -0.3 is 4.57 Å². The molecule has 0 fully saturated rings. The van der Waals surface area contributed by atoms with Gasteiger partial charge in [-0.05, 0) is 23.3 Å². The van der Waals surface area contributed by atoms with E-state index in [0.717, 1.165) is 22.9 Å². The monoisotopic (exact) mass is 268 g/mol. The number of fused-ring (bicyclic) bond motifs is 3. The molecule has 0 spiro atoms. The van der Waals surface area contributed by atoms with E-state index in [-0.39, 0.29) is 6.04 Å². The fourth-order valence-electron chi connectivity index (χ4n) is 2.91. The van der Waals surface area contributed by atoms with E-state index < -0.39 is 11.6 Å². The zero-order valence-corrected chi connectivity index (χ0v) is 10.4. The van der Waals surface area contributed by atoms with E-state index >= 15 is 0 Å². The predicted molar refractivity (Wildman–Crippen MR) is 71.3 cm³/mol. The van der Waals surface area contributed by atoms with Crippen LogP contribution in [0.15, 0.2) is 55.0 Å². The average molecular weight is 268 g/mol. The maximum absolute atomic E-state index is 13.5. The molecular weight excluding hydrogens is 258 g/mol. The Balaban J connectivity index is 1.99. The molecule has 1 aliphatic heterocycles. The number of hydrogen-bond acceptors (Lipinski definition) is 1. The van der Waals surface area contributed by atoms with E-state index in [1.165, 1.54) is 12.1 Å². The number of halogens is 2. The molecule has 2 heterocycles. The Morgan fingerprint density at radius 3 is 2.55 bits per heavy atom. The Morgan fingerprint density at radius 1 is 1.00 bits per heavy atom. The Hall–Kier alpha value is -2.49. The lowest BCUT2D eigenvalue weighted by molar-refractivity contribution is 0.573. The third-order valence-electron chi connectivity index (χ3n) is 3.68. The minimum Gasteiger partial charge on any atom is -0.319 e. The van der Waals surface area contributed by atoms with Crippen molar-refractivity contribution in [2.24, 2.45) is 0 Å². The van der Waals surface area contributed by atoms with Gasteiger partial charge in [0.2, 0.25) is 0 Å². The van der Waals surface area contributed by atoms with Crippen LogP contribution in [0.25, 0.3) is 11.3 Å². The maximum atomic E-state index is 13.5. The van der Waals surface area contributed by atoms with Gasteiger partial charge in [-0.3, -0.25) is 0 Å². The molecule has 2 nitrogen and oxygen atoms in total. The molecule has 2 aromatic carbocycles. The van der Waals surface area contributed by atoms with E-state index in [1.54, 1.807) is 12.5 Å². The molecule has 1 unspecified atom stereocenters. The van der Waals surface area contributed by atoms with Crippen LogP contribution >= 0.6 is 0 Å². The van der Waals surface area contributed by atoms with E-state index in [4.69, 9.17) is 0 Å². The van der Waals surface area contributed by atoms with Gasteiger partial charge in [0.05, 0.1) is 24.3 Å². The van der Waals surface area contributed by atoms with Crippen LogP contribution in [0.2, 0.25) is 0 Å². The summed E-state index contributed by atoms with van der Waals surface area (Å²) in [6.45, 7) is 0. The van der Waals surface area contributed by atoms with Gasteiger partial charge in [0.1, 0.15) is 11.6 Å². The topological polar surface area (TPSA) is 17.8 Å². The summed E-state index contributed by atoms with van der Waals surface area (Å²) in [7, 11) is 0. The molecule has 1 atom stereocenters. The first-order valence-electron chi connectivity index (χ1n) is 6.31. The normalized spacial score (nSPS) is 16.0. The summed E-state index contributed by atoms with van der Waals surface area (Å²) >= 11 is 0. The summed E-state index contributed by atoms with van der Waals surface area (Å²) in [6, 6.07) is 11.3. The molecule has 4 heteroatoms. The molecule has 1 aliphatic rings. The van der Waals surface area contributed by atoms with E-state index in [0.29, 0.717) is 5.56 Å². The molecule has 0 aliphatic carbocycles. The summed E-state index contributed by atoms with van der Waals surface area (Å²) in [4.78, 5) is 4.14. The van der Waals surface area contributed by atoms with E-state index in [1.807, 2.05) is 28.8 Å². The van der Waals surface area contributed by atoms with Crippen LogP contribution in [0.3, 0.4) is 0 Å². The van der Waals surface area contributed by atoms with Crippen molar-refractivity contribution in [1.82, 2.24) is 9.55 Å². The zero-order chi connectivity index (χ0) is 13.7. The molecular formula is C16H10F2N2. The highest BCUT2D eigenvalue weighted by molar-refractivity contribution is 5.70. The third-order valence-corrected chi connectivity index (χ3v) is 3.68. The van der Waals surface area contributed by atoms with Gasteiger partial charge in [-0.15, -0.1) is 0 Å². The summed E-state index contributed by atoms with van der Waals surface area (Å²) in [6.07, 6.45) is 3.47. The molecule has 1 aromatic heterocycles. The number of rotatable bonds is 1. The summed E-state index contributed by atoms with van der Waals surface area (Å²) < 4.78 is 28.9.